The number of amides is 1. The number of nitrogens with zero attached hydrogens (tertiary/aromatic N) is 3. The first-order valence-corrected chi connectivity index (χ1v) is 8.52. The molecule has 136 valence electrons. The van der Waals surface area contributed by atoms with Crippen LogP contribution in [0, 0.1) is 0 Å². The maximum Gasteiger partial charge on any atom is 0.249 e. The molecule has 1 amide bonds. The zero-order valence-corrected chi connectivity index (χ0v) is 14.7. The van der Waals surface area contributed by atoms with Crippen LogP contribution in [0.25, 0.3) is 22.4 Å². The van der Waals surface area contributed by atoms with Crippen LogP contribution in [0.2, 0.25) is 0 Å². The fourth-order valence-electron chi connectivity index (χ4n) is 2.82. The molecule has 0 unspecified atom stereocenters. The first kappa shape index (κ1) is 16.8. The second kappa shape index (κ2) is 7.28. The number of carbonyl (C=O) groups excluding carboxylic acids is 1. The standard InChI is InChI=1S/C19H18N6O2/c1-27-15-9-5-2-6-12(15)18-23-19(25-24-18)22-17(26)11-10-16-20-13-7-3-4-8-14(13)21-16/h2-9H,10-11H2,1H3,(H,20,21)(H2,22,23,24,25,26). The Kier molecular flexibility index (Phi) is 4.52. The van der Waals surface area contributed by atoms with E-state index in [2.05, 4.69) is 30.5 Å². The van der Waals surface area contributed by atoms with E-state index in [-0.39, 0.29) is 18.3 Å². The summed E-state index contributed by atoms with van der Waals surface area (Å²) in [6.45, 7) is 0. The highest BCUT2D eigenvalue weighted by Gasteiger charge is 2.13. The summed E-state index contributed by atoms with van der Waals surface area (Å²) in [6, 6.07) is 15.2. The number of hydrogen-bond donors (Lipinski definition) is 3. The van der Waals surface area contributed by atoms with Crippen LogP contribution >= 0.6 is 0 Å². The van der Waals surface area contributed by atoms with E-state index in [9.17, 15) is 4.79 Å². The summed E-state index contributed by atoms with van der Waals surface area (Å²) in [7, 11) is 1.59. The van der Waals surface area contributed by atoms with E-state index >= 15 is 0 Å². The van der Waals surface area contributed by atoms with Crippen molar-refractivity contribution in [1.82, 2.24) is 25.1 Å². The summed E-state index contributed by atoms with van der Waals surface area (Å²) < 4.78 is 5.32. The third-order valence-corrected chi connectivity index (χ3v) is 4.13. The molecule has 8 heteroatoms. The maximum absolute atomic E-state index is 12.2. The summed E-state index contributed by atoms with van der Waals surface area (Å²) in [5.74, 6) is 2.03. The third kappa shape index (κ3) is 3.64. The molecule has 8 nitrogen and oxygen atoms in total. The number of imidazole rings is 1. The van der Waals surface area contributed by atoms with E-state index < -0.39 is 0 Å². The van der Waals surface area contributed by atoms with Gasteiger partial charge in [0.15, 0.2) is 5.82 Å². The summed E-state index contributed by atoms with van der Waals surface area (Å²) >= 11 is 0. The van der Waals surface area contributed by atoms with Crippen LogP contribution in [0.4, 0.5) is 5.95 Å². The summed E-state index contributed by atoms with van der Waals surface area (Å²) in [6.07, 6.45) is 0.780. The van der Waals surface area contributed by atoms with Crippen molar-refractivity contribution in [3.8, 4) is 17.1 Å². The van der Waals surface area contributed by atoms with Crippen LogP contribution in [0.1, 0.15) is 12.2 Å². The molecule has 3 N–H and O–H groups in total. The van der Waals surface area contributed by atoms with Crippen LogP contribution in [0.5, 0.6) is 5.75 Å². The Bertz CT molecular complexity index is 1050. The molecule has 27 heavy (non-hydrogen) atoms. The Balaban J connectivity index is 1.39. The maximum atomic E-state index is 12.2. The number of rotatable bonds is 6. The zero-order chi connectivity index (χ0) is 18.6. The molecule has 0 fully saturated rings. The molecular formula is C19H18N6O2. The number of ether oxygens (including phenoxy) is 1. The van der Waals surface area contributed by atoms with E-state index in [1.54, 1.807) is 7.11 Å². The minimum atomic E-state index is -0.180. The highest BCUT2D eigenvalue weighted by Crippen LogP contribution is 2.27. The number of anilines is 1. The van der Waals surface area contributed by atoms with Gasteiger partial charge in [0.2, 0.25) is 11.9 Å². The number of benzene rings is 2. The predicted octanol–water partition coefficient (Wildman–Crippen LogP) is 2.93. The number of para-hydroxylation sites is 3. The van der Waals surface area contributed by atoms with Crippen molar-refractivity contribution < 1.29 is 9.53 Å². The van der Waals surface area contributed by atoms with Crippen molar-refractivity contribution in [2.24, 2.45) is 0 Å². The van der Waals surface area contributed by atoms with Crippen LogP contribution in [-0.4, -0.2) is 38.2 Å². The molecule has 2 heterocycles. The van der Waals surface area contributed by atoms with Gasteiger partial charge in [-0.05, 0) is 24.3 Å². The zero-order valence-electron chi connectivity index (χ0n) is 14.7. The topological polar surface area (TPSA) is 109 Å². The number of aromatic amines is 2. The van der Waals surface area contributed by atoms with Gasteiger partial charge in [0.1, 0.15) is 11.6 Å². The molecule has 0 aliphatic heterocycles. The number of nitrogens with one attached hydrogen (secondary N) is 3. The minimum Gasteiger partial charge on any atom is -0.496 e. The molecular weight excluding hydrogens is 344 g/mol. The Hall–Kier alpha value is -3.68. The molecule has 0 bridgehead atoms. The summed E-state index contributed by atoms with van der Waals surface area (Å²) in [5.41, 5.74) is 2.63. The molecule has 0 spiro atoms. The second-order valence-electron chi connectivity index (χ2n) is 5.96. The number of methoxy groups -OCH3 is 1. The van der Waals surface area contributed by atoms with Crippen LogP contribution in [-0.2, 0) is 11.2 Å². The lowest BCUT2D eigenvalue weighted by Gasteiger charge is -2.04. The molecule has 0 aliphatic carbocycles. The van der Waals surface area contributed by atoms with Crippen molar-refractivity contribution in [2.75, 3.05) is 12.4 Å². The number of H-pyrrole nitrogens is 2. The van der Waals surface area contributed by atoms with E-state index in [0.717, 1.165) is 22.4 Å². The van der Waals surface area contributed by atoms with Gasteiger partial charge in [0, 0.05) is 12.8 Å². The third-order valence-electron chi connectivity index (χ3n) is 4.13. The summed E-state index contributed by atoms with van der Waals surface area (Å²) in [4.78, 5) is 24.2. The lowest BCUT2D eigenvalue weighted by molar-refractivity contribution is -0.116. The normalized spacial score (nSPS) is 10.9. The minimum absolute atomic E-state index is 0.180. The van der Waals surface area contributed by atoms with E-state index in [0.29, 0.717) is 18.0 Å². The lowest BCUT2D eigenvalue weighted by Crippen LogP contribution is -2.13. The molecule has 4 aromatic rings. The van der Waals surface area contributed by atoms with Gasteiger partial charge in [-0.3, -0.25) is 15.2 Å². The molecule has 0 saturated carbocycles. The Morgan fingerprint density at radius 1 is 1.11 bits per heavy atom. The van der Waals surface area contributed by atoms with Crippen molar-refractivity contribution in [2.45, 2.75) is 12.8 Å². The smallest absolute Gasteiger partial charge is 0.249 e. The molecule has 0 saturated heterocycles. The molecule has 2 aromatic heterocycles. The first-order chi connectivity index (χ1) is 13.2. The van der Waals surface area contributed by atoms with Crippen molar-refractivity contribution in [1.29, 1.82) is 0 Å². The van der Waals surface area contributed by atoms with Crippen LogP contribution in [0.3, 0.4) is 0 Å². The van der Waals surface area contributed by atoms with Gasteiger partial charge < -0.3 is 9.72 Å². The predicted molar refractivity (Wildman–Crippen MR) is 101 cm³/mol. The Labute approximate surface area is 155 Å². The molecule has 0 radical (unpaired) electrons. The molecule has 2 aromatic carbocycles. The van der Waals surface area contributed by atoms with Gasteiger partial charge in [-0.25, -0.2) is 4.98 Å². The van der Waals surface area contributed by atoms with E-state index in [1.807, 2.05) is 48.5 Å². The highest BCUT2D eigenvalue weighted by molar-refractivity contribution is 5.89. The van der Waals surface area contributed by atoms with Gasteiger partial charge in [0.05, 0.1) is 23.7 Å². The largest absolute Gasteiger partial charge is 0.496 e. The number of aromatic nitrogens is 5. The number of aryl methyl sites for hydroxylation is 1. The van der Waals surface area contributed by atoms with E-state index in [1.165, 1.54) is 0 Å². The van der Waals surface area contributed by atoms with Gasteiger partial charge in [-0.2, -0.15) is 4.98 Å². The average Bonchev–Trinajstić information content (AvgIpc) is 3.32. The summed E-state index contributed by atoms with van der Waals surface area (Å²) in [5, 5.41) is 9.57. The van der Waals surface area contributed by atoms with Crippen LogP contribution < -0.4 is 10.1 Å². The van der Waals surface area contributed by atoms with Gasteiger partial charge in [-0.1, -0.05) is 24.3 Å². The lowest BCUT2D eigenvalue weighted by atomic mass is 10.2. The molecule has 4 rings (SSSR count). The fraction of sp³-hybridized carbons (Fsp3) is 0.158. The number of hydrogen-bond acceptors (Lipinski definition) is 5. The quantitative estimate of drug-likeness (QED) is 0.489. The highest BCUT2D eigenvalue weighted by atomic mass is 16.5. The Morgan fingerprint density at radius 3 is 2.78 bits per heavy atom. The van der Waals surface area contributed by atoms with E-state index in [4.69, 9.17) is 4.74 Å². The van der Waals surface area contributed by atoms with Crippen molar-refractivity contribution in [3.63, 3.8) is 0 Å². The fourth-order valence-corrected chi connectivity index (χ4v) is 2.82. The molecule has 0 aliphatic rings. The van der Waals surface area contributed by atoms with Crippen molar-refractivity contribution >= 4 is 22.9 Å². The average molecular weight is 362 g/mol. The van der Waals surface area contributed by atoms with Gasteiger partial charge in [-0.15, -0.1) is 5.10 Å². The SMILES string of the molecule is COc1ccccc1-c1nc(NC(=O)CCc2nc3ccccc3[nH]2)n[nH]1. The Morgan fingerprint density at radius 2 is 1.93 bits per heavy atom. The van der Waals surface area contributed by atoms with Crippen molar-refractivity contribution in [3.05, 3.63) is 54.4 Å². The first-order valence-electron chi connectivity index (χ1n) is 8.52. The monoisotopic (exact) mass is 362 g/mol. The van der Waals surface area contributed by atoms with Gasteiger partial charge in [0.25, 0.3) is 0 Å². The number of carbonyl (C=O) groups is 1. The number of fused-ring (bicyclic) bond motifs is 1. The van der Waals surface area contributed by atoms with Gasteiger partial charge >= 0.3 is 0 Å². The van der Waals surface area contributed by atoms with Crippen LogP contribution in [0.15, 0.2) is 48.5 Å². The second-order valence-corrected chi connectivity index (χ2v) is 5.96. The molecule has 0 atom stereocenters.